The van der Waals surface area contributed by atoms with Gasteiger partial charge < -0.3 is 4.74 Å². The number of aryl methyl sites for hydroxylation is 7. The Balaban J connectivity index is 2.11. The van der Waals surface area contributed by atoms with Crippen LogP contribution in [0.25, 0.3) is 11.1 Å². The molecule has 0 bridgehead atoms. The van der Waals surface area contributed by atoms with Crippen molar-refractivity contribution >= 4 is 29.1 Å². The molecule has 0 saturated heterocycles. The zero-order valence-electron chi connectivity index (χ0n) is 26.3. The van der Waals surface area contributed by atoms with Gasteiger partial charge in [-0.3, -0.25) is 0 Å². The number of methoxy groups -OCH3 is 1. The largest absolute Gasteiger partial charge is 0.464 e. The minimum absolute atomic E-state index is 0.109. The number of carbonyl (C=O) groups is 1. The van der Waals surface area contributed by atoms with Gasteiger partial charge in [-0.05, 0) is 111 Å². The summed E-state index contributed by atoms with van der Waals surface area (Å²) in [6, 6.07) is 13.2. The van der Waals surface area contributed by atoms with Crippen LogP contribution in [0.5, 0.6) is 0 Å². The summed E-state index contributed by atoms with van der Waals surface area (Å²) >= 11 is 0. The van der Waals surface area contributed by atoms with Gasteiger partial charge in [0.2, 0.25) is 6.71 Å². The highest BCUT2D eigenvalue weighted by atomic mass is 16.5. The summed E-state index contributed by atoms with van der Waals surface area (Å²) in [7, 11) is 1.40. The van der Waals surface area contributed by atoms with E-state index in [1.54, 1.807) is 0 Å². The average molecular weight is 532 g/mol. The molecule has 3 aromatic carbocycles. The van der Waals surface area contributed by atoms with E-state index < -0.39 is 5.97 Å². The number of carbonyl (C=O) groups excluding carboxylic acids is 1. The first kappa shape index (κ1) is 29.3. The Morgan fingerprint density at radius 1 is 0.600 bits per heavy atom. The molecule has 0 radical (unpaired) electrons. The number of hydrogen-bond donors (Lipinski definition) is 0. The van der Waals surface area contributed by atoms with Crippen molar-refractivity contribution in [1.82, 2.24) is 4.98 Å². The van der Waals surface area contributed by atoms with Crippen molar-refractivity contribution in [2.45, 2.75) is 76.2 Å². The third-order valence-corrected chi connectivity index (χ3v) is 8.66. The molecule has 0 amide bonds. The van der Waals surface area contributed by atoms with Crippen LogP contribution in [0.4, 0.5) is 0 Å². The molecule has 40 heavy (non-hydrogen) atoms. The third kappa shape index (κ3) is 5.12. The lowest BCUT2D eigenvalue weighted by atomic mass is 9.32. The maximum absolute atomic E-state index is 12.4. The van der Waals surface area contributed by atoms with Crippen LogP contribution in [0.3, 0.4) is 0 Å². The van der Waals surface area contributed by atoms with E-state index in [1.807, 2.05) is 13.0 Å². The van der Waals surface area contributed by atoms with Crippen LogP contribution in [0.1, 0.15) is 71.8 Å². The molecule has 0 saturated carbocycles. The van der Waals surface area contributed by atoms with E-state index in [2.05, 4.69) is 105 Å². The molecule has 0 fully saturated rings. The van der Waals surface area contributed by atoms with Gasteiger partial charge in [-0.1, -0.05) is 85.2 Å². The monoisotopic (exact) mass is 531 g/mol. The summed E-state index contributed by atoms with van der Waals surface area (Å²) in [5.74, 6) is -0.416. The molecule has 1 heterocycles. The average Bonchev–Trinajstić information content (AvgIpc) is 2.85. The third-order valence-electron chi connectivity index (χ3n) is 8.66. The Kier molecular flexibility index (Phi) is 8.12. The topological polar surface area (TPSA) is 39.2 Å². The van der Waals surface area contributed by atoms with Crippen LogP contribution in [0.2, 0.25) is 0 Å². The number of benzene rings is 3. The number of ether oxygens (including phenoxy) is 1. The van der Waals surface area contributed by atoms with Gasteiger partial charge in [-0.25, -0.2) is 9.78 Å². The molecule has 4 rings (SSSR count). The van der Waals surface area contributed by atoms with Gasteiger partial charge in [-0.2, -0.15) is 0 Å². The minimum atomic E-state index is -0.416. The standard InChI is InChI=1S/C36H42BNO2/c1-19-13-21(3)33(22(4)14-19)37(34-23(5)15-20(2)16-24(34)6)35-28(10)26(8)32(27(9)29(35)11)30-17-25(7)38-31(18-30)36(39)40-12/h13-18H,1-12H3. The fourth-order valence-corrected chi connectivity index (χ4v) is 6.96. The van der Waals surface area contributed by atoms with Crippen LogP contribution in [0.15, 0.2) is 36.4 Å². The molecular formula is C36H42BNO2. The van der Waals surface area contributed by atoms with Crippen LogP contribution < -0.4 is 16.4 Å². The molecule has 0 spiro atoms. The van der Waals surface area contributed by atoms with Gasteiger partial charge in [0, 0.05) is 5.69 Å². The van der Waals surface area contributed by atoms with Crippen LogP contribution in [-0.2, 0) is 4.74 Å². The molecule has 206 valence electrons. The number of esters is 1. The van der Waals surface area contributed by atoms with E-state index >= 15 is 0 Å². The van der Waals surface area contributed by atoms with Crippen molar-refractivity contribution in [3.05, 3.63) is 103 Å². The summed E-state index contributed by atoms with van der Waals surface area (Å²) in [6.07, 6.45) is 0. The fourth-order valence-electron chi connectivity index (χ4n) is 6.96. The van der Waals surface area contributed by atoms with Crippen LogP contribution in [0, 0.1) is 76.2 Å². The molecule has 4 aromatic rings. The number of rotatable bonds is 5. The van der Waals surface area contributed by atoms with Crippen molar-refractivity contribution in [2.75, 3.05) is 7.11 Å². The first-order valence-electron chi connectivity index (χ1n) is 14.1. The second kappa shape index (κ2) is 11.1. The van der Waals surface area contributed by atoms with E-state index in [9.17, 15) is 4.79 Å². The van der Waals surface area contributed by atoms with E-state index in [4.69, 9.17) is 4.74 Å². The zero-order chi connectivity index (χ0) is 29.6. The molecule has 1 aromatic heterocycles. The van der Waals surface area contributed by atoms with Gasteiger partial charge in [0.15, 0.2) is 0 Å². The van der Waals surface area contributed by atoms with E-state index in [1.165, 1.54) is 84.7 Å². The van der Waals surface area contributed by atoms with Gasteiger partial charge in [-0.15, -0.1) is 0 Å². The predicted octanol–water partition coefficient (Wildman–Crippen LogP) is 6.44. The van der Waals surface area contributed by atoms with Crippen molar-refractivity contribution in [1.29, 1.82) is 0 Å². The molecule has 4 heteroatoms. The molecule has 0 aliphatic rings. The van der Waals surface area contributed by atoms with Crippen LogP contribution in [-0.4, -0.2) is 24.8 Å². The highest BCUT2D eigenvalue weighted by Gasteiger charge is 2.32. The second-order valence-electron chi connectivity index (χ2n) is 11.7. The SMILES string of the molecule is COC(=O)c1cc(-c2c(C)c(C)c(B(c3c(C)cc(C)cc3C)c3c(C)cc(C)cc3C)c(C)c2C)cc(C)n1. The molecule has 0 N–H and O–H groups in total. The highest BCUT2D eigenvalue weighted by molar-refractivity contribution is 6.97. The first-order chi connectivity index (χ1) is 18.8. The summed E-state index contributed by atoms with van der Waals surface area (Å²) in [5.41, 5.74) is 20.4. The van der Waals surface area contributed by atoms with E-state index in [-0.39, 0.29) is 6.71 Å². The van der Waals surface area contributed by atoms with Gasteiger partial charge in [0.1, 0.15) is 5.69 Å². The molecule has 0 aliphatic heterocycles. The normalized spacial score (nSPS) is 11.1. The summed E-state index contributed by atoms with van der Waals surface area (Å²) < 4.78 is 5.00. The summed E-state index contributed by atoms with van der Waals surface area (Å²) in [5, 5.41) is 0. The van der Waals surface area contributed by atoms with Gasteiger partial charge >= 0.3 is 5.97 Å². The Bertz CT molecular complexity index is 1530. The van der Waals surface area contributed by atoms with E-state index in [0.29, 0.717) is 5.69 Å². The highest BCUT2D eigenvalue weighted by Crippen LogP contribution is 2.32. The predicted molar refractivity (Wildman–Crippen MR) is 171 cm³/mol. The van der Waals surface area contributed by atoms with Gasteiger partial charge in [0.25, 0.3) is 0 Å². The summed E-state index contributed by atoms with van der Waals surface area (Å²) in [6.45, 7) is 24.4. The van der Waals surface area contributed by atoms with Gasteiger partial charge in [0.05, 0.1) is 7.11 Å². The lowest BCUT2D eigenvalue weighted by Crippen LogP contribution is -2.57. The second-order valence-corrected chi connectivity index (χ2v) is 11.7. The summed E-state index contributed by atoms with van der Waals surface area (Å²) in [4.78, 5) is 16.8. The Labute approximate surface area is 241 Å². The van der Waals surface area contributed by atoms with Crippen molar-refractivity contribution in [3.8, 4) is 11.1 Å². The quantitative estimate of drug-likeness (QED) is 0.220. The van der Waals surface area contributed by atoms with Crippen molar-refractivity contribution < 1.29 is 9.53 Å². The Morgan fingerprint density at radius 2 is 1.02 bits per heavy atom. The lowest BCUT2D eigenvalue weighted by molar-refractivity contribution is 0.0594. The lowest BCUT2D eigenvalue weighted by Gasteiger charge is -2.30. The van der Waals surface area contributed by atoms with Crippen molar-refractivity contribution in [3.63, 3.8) is 0 Å². The number of nitrogens with zero attached hydrogens (tertiary/aromatic N) is 1. The smallest absolute Gasteiger partial charge is 0.356 e. The van der Waals surface area contributed by atoms with Crippen LogP contribution >= 0.6 is 0 Å². The molecule has 0 aliphatic carbocycles. The number of hydrogen-bond acceptors (Lipinski definition) is 3. The van der Waals surface area contributed by atoms with Crippen molar-refractivity contribution in [2.24, 2.45) is 0 Å². The maximum Gasteiger partial charge on any atom is 0.356 e. The number of aromatic nitrogens is 1. The molecule has 3 nitrogen and oxygen atoms in total. The van der Waals surface area contributed by atoms with E-state index in [0.717, 1.165) is 11.3 Å². The zero-order valence-corrected chi connectivity index (χ0v) is 26.3. The fraction of sp³-hybridized carbons (Fsp3) is 0.333. The molecule has 0 unspecified atom stereocenters. The Morgan fingerprint density at radius 3 is 1.43 bits per heavy atom. The Hall–Kier alpha value is -3.66. The minimum Gasteiger partial charge on any atom is -0.464 e. The maximum atomic E-state index is 12.4. The first-order valence-corrected chi connectivity index (χ1v) is 14.1. The number of pyridine rings is 1. The molecule has 0 atom stereocenters. The molecular weight excluding hydrogens is 489 g/mol.